The Hall–Kier alpha value is -1.33. The smallest absolute Gasteiger partial charge is 0.371 e. The molecular weight excluding hydrogens is 258 g/mol. The van der Waals surface area contributed by atoms with Gasteiger partial charge >= 0.3 is 5.97 Å². The first-order valence-electron chi connectivity index (χ1n) is 7.29. The molecule has 0 saturated heterocycles. The molecule has 0 aromatic carbocycles. The third-order valence-electron chi connectivity index (χ3n) is 4.04. The van der Waals surface area contributed by atoms with E-state index in [4.69, 9.17) is 9.52 Å². The Morgan fingerprint density at radius 2 is 2.00 bits per heavy atom. The van der Waals surface area contributed by atoms with E-state index in [-0.39, 0.29) is 11.8 Å². The molecule has 1 fully saturated rings. The highest BCUT2D eigenvalue weighted by atomic mass is 16.4. The maximum Gasteiger partial charge on any atom is 0.371 e. The summed E-state index contributed by atoms with van der Waals surface area (Å²) in [5.41, 5.74) is -0.646. The molecule has 1 aliphatic carbocycles. The van der Waals surface area contributed by atoms with Crippen molar-refractivity contribution in [3.8, 4) is 0 Å². The van der Waals surface area contributed by atoms with Crippen molar-refractivity contribution in [2.24, 2.45) is 0 Å². The van der Waals surface area contributed by atoms with E-state index in [0.717, 1.165) is 25.7 Å². The molecule has 2 rings (SSSR count). The third kappa shape index (κ3) is 3.84. The van der Waals surface area contributed by atoms with E-state index in [9.17, 15) is 9.90 Å². The second kappa shape index (κ2) is 6.41. The minimum absolute atomic E-state index is 0.0539. The first kappa shape index (κ1) is 15.1. The molecule has 0 bridgehead atoms. The summed E-state index contributed by atoms with van der Waals surface area (Å²) >= 11 is 0. The number of furan rings is 1. The van der Waals surface area contributed by atoms with E-state index in [1.165, 1.54) is 18.9 Å². The standard InChI is InChI=1S/C15H23NO4/c1-11(12-6-7-13(20-12)14(17)18)16-10-15(19)8-4-2-3-5-9-15/h6-7,11,16,19H,2-5,8-10H2,1H3,(H,17,18). The molecule has 5 nitrogen and oxygen atoms in total. The molecule has 0 spiro atoms. The second-order valence-electron chi connectivity index (χ2n) is 5.75. The Balaban J connectivity index is 1.90. The second-order valence-corrected chi connectivity index (χ2v) is 5.75. The Kier molecular flexibility index (Phi) is 4.83. The Bertz CT molecular complexity index is 446. The van der Waals surface area contributed by atoms with Crippen molar-refractivity contribution in [3.63, 3.8) is 0 Å². The zero-order valence-corrected chi connectivity index (χ0v) is 11.9. The van der Waals surface area contributed by atoms with Crippen molar-refractivity contribution in [2.75, 3.05) is 6.54 Å². The van der Waals surface area contributed by atoms with Crippen LogP contribution in [0.4, 0.5) is 0 Å². The van der Waals surface area contributed by atoms with Crippen molar-refractivity contribution in [3.05, 3.63) is 23.7 Å². The number of rotatable bonds is 5. The van der Waals surface area contributed by atoms with Gasteiger partial charge in [-0.3, -0.25) is 0 Å². The number of hydrogen-bond acceptors (Lipinski definition) is 4. The van der Waals surface area contributed by atoms with Crippen LogP contribution < -0.4 is 5.32 Å². The molecule has 0 aliphatic heterocycles. The third-order valence-corrected chi connectivity index (χ3v) is 4.04. The van der Waals surface area contributed by atoms with Crippen LogP contribution in [0.1, 0.15) is 67.8 Å². The summed E-state index contributed by atoms with van der Waals surface area (Å²) < 4.78 is 5.26. The number of aromatic carboxylic acids is 1. The summed E-state index contributed by atoms with van der Waals surface area (Å²) in [5, 5.41) is 22.6. The summed E-state index contributed by atoms with van der Waals surface area (Å²) in [6.07, 6.45) is 6.17. The summed E-state index contributed by atoms with van der Waals surface area (Å²) in [6.45, 7) is 2.42. The number of carboxylic acids is 1. The molecule has 0 amide bonds. The predicted octanol–water partition coefficient (Wildman–Crippen LogP) is 2.71. The van der Waals surface area contributed by atoms with Gasteiger partial charge in [0, 0.05) is 6.54 Å². The molecule has 1 saturated carbocycles. The zero-order valence-electron chi connectivity index (χ0n) is 11.9. The molecule has 1 aromatic rings. The van der Waals surface area contributed by atoms with Gasteiger partial charge < -0.3 is 19.9 Å². The minimum Gasteiger partial charge on any atom is -0.475 e. The van der Waals surface area contributed by atoms with E-state index in [1.807, 2.05) is 6.92 Å². The number of nitrogens with one attached hydrogen (secondary N) is 1. The van der Waals surface area contributed by atoms with Gasteiger partial charge in [-0.2, -0.15) is 0 Å². The number of aliphatic hydroxyl groups is 1. The molecule has 3 N–H and O–H groups in total. The Morgan fingerprint density at radius 3 is 2.55 bits per heavy atom. The van der Waals surface area contributed by atoms with Crippen LogP contribution in [-0.2, 0) is 0 Å². The predicted molar refractivity (Wildman–Crippen MR) is 74.7 cm³/mol. The molecule has 1 aromatic heterocycles. The quantitative estimate of drug-likeness (QED) is 0.723. The highest BCUT2D eigenvalue weighted by Gasteiger charge is 2.28. The molecule has 1 atom stereocenters. The number of carbonyl (C=O) groups is 1. The molecule has 1 heterocycles. The normalized spacial score (nSPS) is 20.3. The lowest BCUT2D eigenvalue weighted by atomic mass is 9.94. The molecule has 112 valence electrons. The lowest BCUT2D eigenvalue weighted by molar-refractivity contribution is 0.0225. The average Bonchev–Trinajstić information content (AvgIpc) is 2.81. The van der Waals surface area contributed by atoms with Crippen molar-refractivity contribution in [2.45, 2.75) is 57.1 Å². The van der Waals surface area contributed by atoms with E-state index < -0.39 is 11.6 Å². The highest BCUT2D eigenvalue weighted by Crippen LogP contribution is 2.27. The van der Waals surface area contributed by atoms with Gasteiger partial charge in [0.2, 0.25) is 5.76 Å². The van der Waals surface area contributed by atoms with Gasteiger partial charge in [0.05, 0.1) is 11.6 Å². The van der Waals surface area contributed by atoms with Gasteiger partial charge in [0.25, 0.3) is 0 Å². The maximum absolute atomic E-state index is 10.8. The van der Waals surface area contributed by atoms with E-state index >= 15 is 0 Å². The van der Waals surface area contributed by atoms with Gasteiger partial charge in [0.15, 0.2) is 0 Å². The van der Waals surface area contributed by atoms with E-state index in [1.54, 1.807) is 6.07 Å². The summed E-state index contributed by atoms with van der Waals surface area (Å²) in [6, 6.07) is 3.00. The molecule has 0 radical (unpaired) electrons. The Morgan fingerprint density at radius 1 is 1.35 bits per heavy atom. The van der Waals surface area contributed by atoms with Crippen LogP contribution in [0, 0.1) is 0 Å². The maximum atomic E-state index is 10.8. The average molecular weight is 281 g/mol. The van der Waals surface area contributed by atoms with Crippen molar-refractivity contribution >= 4 is 5.97 Å². The fourth-order valence-corrected chi connectivity index (χ4v) is 2.71. The van der Waals surface area contributed by atoms with Gasteiger partial charge in [-0.05, 0) is 31.9 Å². The topological polar surface area (TPSA) is 82.7 Å². The lowest BCUT2D eigenvalue weighted by Crippen LogP contribution is -2.41. The van der Waals surface area contributed by atoms with Gasteiger partial charge in [0.1, 0.15) is 5.76 Å². The van der Waals surface area contributed by atoms with Gasteiger partial charge in [-0.25, -0.2) is 4.79 Å². The fourth-order valence-electron chi connectivity index (χ4n) is 2.71. The van der Waals surface area contributed by atoms with Crippen LogP contribution in [0.2, 0.25) is 0 Å². The minimum atomic E-state index is -1.06. The first-order chi connectivity index (χ1) is 9.50. The van der Waals surface area contributed by atoms with E-state index in [2.05, 4.69) is 5.32 Å². The monoisotopic (exact) mass is 281 g/mol. The molecule has 1 unspecified atom stereocenters. The highest BCUT2D eigenvalue weighted by molar-refractivity contribution is 5.84. The number of hydrogen-bond donors (Lipinski definition) is 3. The molecule has 20 heavy (non-hydrogen) atoms. The summed E-state index contributed by atoms with van der Waals surface area (Å²) in [4.78, 5) is 10.8. The van der Waals surface area contributed by atoms with Crippen molar-refractivity contribution in [1.82, 2.24) is 5.32 Å². The molecular formula is C15H23NO4. The molecule has 5 heteroatoms. The summed E-state index contributed by atoms with van der Waals surface area (Å²) in [5.74, 6) is -0.535. The van der Waals surface area contributed by atoms with Crippen LogP contribution in [0.15, 0.2) is 16.5 Å². The summed E-state index contributed by atoms with van der Waals surface area (Å²) in [7, 11) is 0. The van der Waals surface area contributed by atoms with Crippen molar-refractivity contribution < 1.29 is 19.4 Å². The number of carboxylic acid groups (broad SMARTS) is 1. The van der Waals surface area contributed by atoms with Gasteiger partial charge in [-0.1, -0.05) is 25.7 Å². The molecule has 1 aliphatic rings. The van der Waals surface area contributed by atoms with Crippen LogP contribution in [0.25, 0.3) is 0 Å². The van der Waals surface area contributed by atoms with Crippen LogP contribution >= 0.6 is 0 Å². The fraction of sp³-hybridized carbons (Fsp3) is 0.667. The van der Waals surface area contributed by atoms with Crippen LogP contribution in [0.5, 0.6) is 0 Å². The zero-order chi connectivity index (χ0) is 14.6. The van der Waals surface area contributed by atoms with Crippen molar-refractivity contribution in [1.29, 1.82) is 0 Å². The Labute approximate surface area is 119 Å². The lowest BCUT2D eigenvalue weighted by Gasteiger charge is -2.28. The van der Waals surface area contributed by atoms with E-state index in [0.29, 0.717) is 12.3 Å². The van der Waals surface area contributed by atoms with Crippen LogP contribution in [-0.4, -0.2) is 28.3 Å². The largest absolute Gasteiger partial charge is 0.475 e. The van der Waals surface area contributed by atoms with Crippen LogP contribution in [0.3, 0.4) is 0 Å². The first-order valence-corrected chi connectivity index (χ1v) is 7.29. The SMILES string of the molecule is CC(NCC1(O)CCCCCC1)c1ccc(C(=O)O)o1. The van der Waals surface area contributed by atoms with Gasteiger partial charge in [-0.15, -0.1) is 0 Å².